The van der Waals surface area contributed by atoms with Crippen LogP contribution in [-0.4, -0.2) is 40.7 Å². The fourth-order valence-electron chi connectivity index (χ4n) is 1.19. The summed E-state index contributed by atoms with van der Waals surface area (Å²) in [6.45, 7) is 1.73. The van der Waals surface area contributed by atoms with E-state index in [4.69, 9.17) is 11.6 Å². The second-order valence-electron chi connectivity index (χ2n) is 3.70. The Morgan fingerprint density at radius 2 is 2.10 bits per heavy atom. The molecule has 0 spiro atoms. The van der Waals surface area contributed by atoms with Gasteiger partial charge in [0.25, 0.3) is 5.91 Å². The fraction of sp³-hybridized carbons (Fsp3) is 0.222. The van der Waals surface area contributed by atoms with E-state index in [0.29, 0.717) is 5.01 Å². The van der Waals surface area contributed by atoms with Crippen molar-refractivity contribution in [3.05, 3.63) is 21.9 Å². The molecular formula is C9H8ClN5O3S2. The van der Waals surface area contributed by atoms with Gasteiger partial charge in [0.05, 0.1) is 11.2 Å². The van der Waals surface area contributed by atoms with Gasteiger partial charge in [-0.05, 0) is 6.92 Å². The highest BCUT2D eigenvalue weighted by molar-refractivity contribution is 7.90. The SMILES string of the molecule is Cc1nnc(NC(=O)c2nc(S(C)(=O)=O)ncc2Cl)s1. The molecule has 2 rings (SSSR count). The van der Waals surface area contributed by atoms with Crippen LogP contribution in [0.15, 0.2) is 11.4 Å². The first-order valence-electron chi connectivity index (χ1n) is 5.11. The third kappa shape index (κ3) is 3.26. The normalized spacial score (nSPS) is 11.3. The van der Waals surface area contributed by atoms with Gasteiger partial charge in [0, 0.05) is 6.26 Å². The topological polar surface area (TPSA) is 115 Å². The molecule has 0 atom stereocenters. The van der Waals surface area contributed by atoms with Crippen molar-refractivity contribution in [1.82, 2.24) is 20.2 Å². The molecule has 0 aliphatic carbocycles. The number of halogens is 1. The molecule has 2 heterocycles. The average Bonchev–Trinajstić information content (AvgIpc) is 2.73. The number of carbonyl (C=O) groups is 1. The summed E-state index contributed by atoms with van der Waals surface area (Å²) in [5.74, 6) is -0.682. The molecule has 0 radical (unpaired) electrons. The highest BCUT2D eigenvalue weighted by atomic mass is 35.5. The number of sulfone groups is 1. The first-order chi connectivity index (χ1) is 9.27. The Labute approximate surface area is 123 Å². The van der Waals surface area contributed by atoms with Crippen molar-refractivity contribution in [2.24, 2.45) is 0 Å². The lowest BCUT2D eigenvalue weighted by Gasteiger charge is -2.04. The minimum absolute atomic E-state index is 0.0591. The van der Waals surface area contributed by atoms with Crippen LogP contribution in [0.1, 0.15) is 15.5 Å². The van der Waals surface area contributed by atoms with Crippen LogP contribution in [0.4, 0.5) is 5.13 Å². The Morgan fingerprint density at radius 1 is 1.40 bits per heavy atom. The zero-order chi connectivity index (χ0) is 14.9. The second-order valence-corrected chi connectivity index (χ2v) is 7.20. The van der Waals surface area contributed by atoms with Crippen LogP contribution in [-0.2, 0) is 9.84 Å². The Morgan fingerprint density at radius 3 is 2.65 bits per heavy atom. The van der Waals surface area contributed by atoms with Crippen molar-refractivity contribution in [2.75, 3.05) is 11.6 Å². The molecule has 0 aliphatic heterocycles. The van der Waals surface area contributed by atoms with E-state index in [0.717, 1.165) is 12.5 Å². The summed E-state index contributed by atoms with van der Waals surface area (Å²) in [7, 11) is -3.63. The molecule has 1 N–H and O–H groups in total. The number of amides is 1. The molecule has 0 bridgehead atoms. The van der Waals surface area contributed by atoms with Crippen molar-refractivity contribution >= 4 is 43.8 Å². The van der Waals surface area contributed by atoms with Gasteiger partial charge in [-0.25, -0.2) is 18.4 Å². The molecule has 2 aromatic heterocycles. The first-order valence-corrected chi connectivity index (χ1v) is 8.20. The summed E-state index contributed by atoms with van der Waals surface area (Å²) in [5, 5.41) is 10.3. The largest absolute Gasteiger partial charge is 0.295 e. The molecule has 0 unspecified atom stereocenters. The minimum atomic E-state index is -3.63. The van der Waals surface area contributed by atoms with Gasteiger partial charge in [-0.3, -0.25) is 10.1 Å². The summed E-state index contributed by atoms with van der Waals surface area (Å²) in [5.41, 5.74) is -0.241. The second kappa shape index (κ2) is 5.38. The summed E-state index contributed by atoms with van der Waals surface area (Å²) in [4.78, 5) is 19.2. The number of nitrogens with one attached hydrogen (secondary N) is 1. The van der Waals surface area contributed by atoms with Crippen LogP contribution in [0.2, 0.25) is 5.02 Å². The molecule has 106 valence electrons. The van der Waals surface area contributed by atoms with E-state index in [-0.39, 0.29) is 15.8 Å². The van der Waals surface area contributed by atoms with Gasteiger partial charge < -0.3 is 0 Å². The van der Waals surface area contributed by atoms with E-state index in [1.807, 2.05) is 0 Å². The number of aromatic nitrogens is 4. The standard InChI is InChI=1S/C9H8ClN5O3S2/c1-4-14-15-8(19-4)13-7(16)6-5(10)3-11-9(12-6)20(2,17)18/h3H,1-2H3,(H,13,15,16). The molecule has 0 saturated heterocycles. The lowest BCUT2D eigenvalue weighted by molar-refractivity contribution is 0.102. The Bertz CT molecular complexity index is 774. The van der Waals surface area contributed by atoms with Crippen LogP contribution in [0.25, 0.3) is 0 Å². The molecule has 1 amide bonds. The maximum absolute atomic E-state index is 12.0. The summed E-state index contributed by atoms with van der Waals surface area (Å²) in [6, 6.07) is 0. The van der Waals surface area contributed by atoms with Gasteiger partial charge in [-0.15, -0.1) is 10.2 Å². The number of hydrogen-bond acceptors (Lipinski definition) is 8. The summed E-state index contributed by atoms with van der Waals surface area (Å²) in [6.07, 6.45) is 2.00. The van der Waals surface area contributed by atoms with Crippen LogP contribution >= 0.6 is 22.9 Å². The van der Waals surface area contributed by atoms with Crippen molar-refractivity contribution in [3.63, 3.8) is 0 Å². The third-order valence-electron chi connectivity index (χ3n) is 2.02. The van der Waals surface area contributed by atoms with E-state index in [9.17, 15) is 13.2 Å². The van der Waals surface area contributed by atoms with E-state index < -0.39 is 20.9 Å². The number of rotatable bonds is 3. The lowest BCUT2D eigenvalue weighted by Crippen LogP contribution is -2.17. The van der Waals surface area contributed by atoms with Gasteiger partial charge in [0.2, 0.25) is 20.1 Å². The third-order valence-corrected chi connectivity index (χ3v) is 3.91. The molecule has 2 aromatic rings. The Hall–Kier alpha value is -1.65. The lowest BCUT2D eigenvalue weighted by atomic mass is 10.4. The maximum atomic E-state index is 12.0. The number of nitrogens with zero attached hydrogens (tertiary/aromatic N) is 4. The number of hydrogen-bond donors (Lipinski definition) is 1. The van der Waals surface area contributed by atoms with Gasteiger partial charge in [0.15, 0.2) is 5.69 Å². The molecule has 20 heavy (non-hydrogen) atoms. The minimum Gasteiger partial charge on any atom is -0.295 e. The van der Waals surface area contributed by atoms with E-state index in [1.54, 1.807) is 6.92 Å². The van der Waals surface area contributed by atoms with Crippen molar-refractivity contribution in [2.45, 2.75) is 12.1 Å². The van der Waals surface area contributed by atoms with Crippen LogP contribution < -0.4 is 5.32 Å². The predicted octanol–water partition coefficient (Wildman–Crippen LogP) is 0.946. The Balaban J connectivity index is 2.34. The first kappa shape index (κ1) is 14.8. The molecule has 0 aliphatic rings. The smallest absolute Gasteiger partial charge is 0.277 e. The van der Waals surface area contributed by atoms with Gasteiger partial charge in [0.1, 0.15) is 5.01 Å². The molecular weight excluding hydrogens is 326 g/mol. The fourth-order valence-corrected chi connectivity index (χ4v) is 2.46. The maximum Gasteiger partial charge on any atom is 0.277 e. The zero-order valence-electron chi connectivity index (χ0n) is 10.3. The highest BCUT2D eigenvalue weighted by Crippen LogP contribution is 2.18. The molecule has 11 heteroatoms. The quantitative estimate of drug-likeness (QED) is 0.831. The monoisotopic (exact) mass is 333 g/mol. The molecule has 0 saturated carbocycles. The van der Waals surface area contributed by atoms with Crippen LogP contribution in [0.3, 0.4) is 0 Å². The number of anilines is 1. The van der Waals surface area contributed by atoms with E-state index >= 15 is 0 Å². The van der Waals surface area contributed by atoms with Crippen LogP contribution in [0, 0.1) is 6.92 Å². The number of aryl methyl sites for hydroxylation is 1. The van der Waals surface area contributed by atoms with E-state index in [1.165, 1.54) is 11.3 Å². The molecule has 8 nitrogen and oxygen atoms in total. The van der Waals surface area contributed by atoms with Gasteiger partial charge in [-0.1, -0.05) is 22.9 Å². The predicted molar refractivity (Wildman–Crippen MR) is 72.8 cm³/mol. The van der Waals surface area contributed by atoms with Crippen molar-refractivity contribution in [3.8, 4) is 0 Å². The number of carbonyl (C=O) groups excluding carboxylic acids is 1. The van der Waals surface area contributed by atoms with Gasteiger partial charge in [-0.2, -0.15) is 0 Å². The zero-order valence-corrected chi connectivity index (χ0v) is 12.7. The van der Waals surface area contributed by atoms with Crippen molar-refractivity contribution in [1.29, 1.82) is 0 Å². The van der Waals surface area contributed by atoms with Crippen molar-refractivity contribution < 1.29 is 13.2 Å². The Kier molecular flexibility index (Phi) is 3.97. The highest BCUT2D eigenvalue weighted by Gasteiger charge is 2.19. The van der Waals surface area contributed by atoms with Gasteiger partial charge >= 0.3 is 0 Å². The summed E-state index contributed by atoms with van der Waals surface area (Å²) < 4.78 is 22.7. The molecule has 0 fully saturated rings. The summed E-state index contributed by atoms with van der Waals surface area (Å²) >= 11 is 6.97. The molecule has 0 aromatic carbocycles. The average molecular weight is 334 g/mol. The van der Waals surface area contributed by atoms with Crippen LogP contribution in [0.5, 0.6) is 0 Å². The van der Waals surface area contributed by atoms with E-state index in [2.05, 4.69) is 25.5 Å².